The first-order valence-corrected chi connectivity index (χ1v) is 5.92. The number of aliphatic hydroxyl groups is 1. The quantitative estimate of drug-likeness (QED) is 0.832. The van der Waals surface area contributed by atoms with Crippen molar-refractivity contribution in [2.24, 2.45) is 0 Å². The standard InChI is InChI=1S/C14H21NO3/c1-10-5-6-11(2)12(7-10)13(16)15-8-14(3,17)9-18-4/h5-7,17H,8-9H2,1-4H3,(H,15,16). The lowest BCUT2D eigenvalue weighted by Crippen LogP contribution is -2.43. The van der Waals surface area contributed by atoms with Gasteiger partial charge in [-0.05, 0) is 32.4 Å². The van der Waals surface area contributed by atoms with Crippen LogP contribution in [0.1, 0.15) is 28.4 Å². The molecular formula is C14H21NO3. The molecule has 0 heterocycles. The van der Waals surface area contributed by atoms with Crippen LogP contribution in [0, 0.1) is 13.8 Å². The predicted octanol–water partition coefficient (Wildman–Crippen LogP) is 1.43. The van der Waals surface area contributed by atoms with Crippen LogP contribution in [-0.2, 0) is 4.74 Å². The number of benzene rings is 1. The molecule has 0 radical (unpaired) electrons. The molecule has 0 spiro atoms. The molecule has 4 nitrogen and oxygen atoms in total. The fraction of sp³-hybridized carbons (Fsp3) is 0.500. The maximum atomic E-state index is 12.0. The molecule has 0 aromatic heterocycles. The maximum Gasteiger partial charge on any atom is 0.251 e. The van der Waals surface area contributed by atoms with Crippen LogP contribution < -0.4 is 5.32 Å². The summed E-state index contributed by atoms with van der Waals surface area (Å²) in [5.41, 5.74) is 1.55. The zero-order chi connectivity index (χ0) is 13.8. The van der Waals surface area contributed by atoms with Crippen LogP contribution in [0.2, 0.25) is 0 Å². The minimum Gasteiger partial charge on any atom is -0.386 e. The van der Waals surface area contributed by atoms with E-state index < -0.39 is 5.60 Å². The molecule has 1 aromatic rings. The number of ether oxygens (including phenoxy) is 1. The van der Waals surface area contributed by atoms with Crippen LogP contribution in [0.4, 0.5) is 0 Å². The van der Waals surface area contributed by atoms with Crippen LogP contribution >= 0.6 is 0 Å². The van der Waals surface area contributed by atoms with E-state index in [1.54, 1.807) is 6.92 Å². The van der Waals surface area contributed by atoms with Gasteiger partial charge in [0.15, 0.2) is 0 Å². The van der Waals surface area contributed by atoms with Crippen LogP contribution in [0.15, 0.2) is 18.2 Å². The largest absolute Gasteiger partial charge is 0.386 e. The van der Waals surface area contributed by atoms with Crippen LogP contribution in [0.25, 0.3) is 0 Å². The Hall–Kier alpha value is -1.39. The zero-order valence-electron chi connectivity index (χ0n) is 11.4. The average molecular weight is 251 g/mol. The first kappa shape index (κ1) is 14.7. The Balaban J connectivity index is 2.69. The van der Waals surface area contributed by atoms with Gasteiger partial charge in [0.05, 0.1) is 6.61 Å². The van der Waals surface area contributed by atoms with Gasteiger partial charge >= 0.3 is 0 Å². The highest BCUT2D eigenvalue weighted by atomic mass is 16.5. The normalized spacial score (nSPS) is 14.1. The number of hydrogen-bond acceptors (Lipinski definition) is 3. The molecule has 1 amide bonds. The summed E-state index contributed by atoms with van der Waals surface area (Å²) in [4.78, 5) is 12.0. The number of rotatable bonds is 5. The van der Waals surface area contributed by atoms with Crippen molar-refractivity contribution in [3.63, 3.8) is 0 Å². The van der Waals surface area contributed by atoms with E-state index in [4.69, 9.17) is 4.74 Å². The number of carbonyl (C=O) groups is 1. The average Bonchev–Trinajstić information content (AvgIpc) is 2.29. The highest BCUT2D eigenvalue weighted by Gasteiger charge is 2.21. The lowest BCUT2D eigenvalue weighted by molar-refractivity contribution is -0.0147. The number of hydrogen-bond donors (Lipinski definition) is 2. The molecule has 4 heteroatoms. The SMILES string of the molecule is COCC(C)(O)CNC(=O)c1cc(C)ccc1C. The van der Waals surface area contributed by atoms with Gasteiger partial charge in [0.1, 0.15) is 5.60 Å². The van der Waals surface area contributed by atoms with Crippen molar-refractivity contribution in [2.75, 3.05) is 20.3 Å². The molecule has 0 bridgehead atoms. The van der Waals surface area contributed by atoms with Gasteiger partial charge in [-0.25, -0.2) is 0 Å². The van der Waals surface area contributed by atoms with Crippen molar-refractivity contribution in [3.05, 3.63) is 34.9 Å². The smallest absolute Gasteiger partial charge is 0.251 e. The number of aryl methyl sites for hydroxylation is 2. The molecule has 1 aromatic carbocycles. The van der Waals surface area contributed by atoms with E-state index in [0.717, 1.165) is 11.1 Å². The Kier molecular flexibility index (Phi) is 4.87. The van der Waals surface area contributed by atoms with Gasteiger partial charge in [-0.2, -0.15) is 0 Å². The highest BCUT2D eigenvalue weighted by molar-refractivity contribution is 5.95. The first-order valence-electron chi connectivity index (χ1n) is 5.92. The second-order valence-corrected chi connectivity index (χ2v) is 4.93. The molecular weight excluding hydrogens is 230 g/mol. The predicted molar refractivity (Wildman–Crippen MR) is 70.7 cm³/mol. The molecule has 0 saturated carbocycles. The van der Waals surface area contributed by atoms with Crippen molar-refractivity contribution in [1.82, 2.24) is 5.32 Å². The summed E-state index contributed by atoms with van der Waals surface area (Å²) < 4.78 is 4.89. The minimum absolute atomic E-state index is 0.160. The Bertz CT molecular complexity index is 427. The molecule has 1 unspecified atom stereocenters. The third kappa shape index (κ3) is 4.13. The lowest BCUT2D eigenvalue weighted by atomic mass is 10.0. The molecule has 0 aliphatic heterocycles. The topological polar surface area (TPSA) is 58.6 Å². The summed E-state index contributed by atoms with van der Waals surface area (Å²) >= 11 is 0. The van der Waals surface area contributed by atoms with Crippen molar-refractivity contribution >= 4 is 5.91 Å². The second-order valence-electron chi connectivity index (χ2n) is 4.93. The molecule has 1 atom stereocenters. The van der Waals surface area contributed by atoms with Crippen LogP contribution in [-0.4, -0.2) is 36.9 Å². The van der Waals surface area contributed by atoms with Gasteiger partial charge in [-0.1, -0.05) is 17.7 Å². The van der Waals surface area contributed by atoms with Gasteiger partial charge < -0.3 is 15.2 Å². The van der Waals surface area contributed by atoms with E-state index in [2.05, 4.69) is 5.32 Å². The Morgan fingerprint density at radius 3 is 2.72 bits per heavy atom. The van der Waals surface area contributed by atoms with E-state index >= 15 is 0 Å². The van der Waals surface area contributed by atoms with Gasteiger partial charge in [-0.15, -0.1) is 0 Å². The summed E-state index contributed by atoms with van der Waals surface area (Å²) in [6.45, 7) is 5.80. The fourth-order valence-corrected chi connectivity index (χ4v) is 1.71. The van der Waals surface area contributed by atoms with Gasteiger partial charge in [0.2, 0.25) is 0 Å². The molecule has 0 aliphatic carbocycles. The summed E-state index contributed by atoms with van der Waals surface area (Å²) in [5.74, 6) is -0.174. The molecule has 18 heavy (non-hydrogen) atoms. The summed E-state index contributed by atoms with van der Waals surface area (Å²) in [6, 6.07) is 5.72. The van der Waals surface area contributed by atoms with E-state index in [1.165, 1.54) is 7.11 Å². The monoisotopic (exact) mass is 251 g/mol. The van der Waals surface area contributed by atoms with Crippen LogP contribution in [0.5, 0.6) is 0 Å². The minimum atomic E-state index is -1.05. The number of carbonyl (C=O) groups excluding carboxylic acids is 1. The molecule has 1 rings (SSSR count). The van der Waals surface area contributed by atoms with Gasteiger partial charge in [-0.3, -0.25) is 4.79 Å². The molecule has 2 N–H and O–H groups in total. The van der Waals surface area contributed by atoms with E-state index in [1.807, 2.05) is 32.0 Å². The molecule has 0 fully saturated rings. The third-order valence-corrected chi connectivity index (χ3v) is 2.72. The Morgan fingerprint density at radius 2 is 2.11 bits per heavy atom. The molecule has 0 aliphatic rings. The Labute approximate surface area is 108 Å². The van der Waals surface area contributed by atoms with Crippen molar-refractivity contribution in [1.29, 1.82) is 0 Å². The molecule has 100 valence electrons. The van der Waals surface area contributed by atoms with Crippen LogP contribution in [0.3, 0.4) is 0 Å². The first-order chi connectivity index (χ1) is 8.35. The summed E-state index contributed by atoms with van der Waals surface area (Å²) in [7, 11) is 1.51. The van der Waals surface area contributed by atoms with Gasteiger partial charge in [0.25, 0.3) is 5.91 Å². The molecule has 0 saturated heterocycles. The van der Waals surface area contributed by atoms with Crippen molar-refractivity contribution in [3.8, 4) is 0 Å². The van der Waals surface area contributed by atoms with E-state index in [-0.39, 0.29) is 19.1 Å². The van der Waals surface area contributed by atoms with Crippen molar-refractivity contribution < 1.29 is 14.6 Å². The van der Waals surface area contributed by atoms with Gasteiger partial charge in [0, 0.05) is 19.2 Å². The van der Waals surface area contributed by atoms with E-state index in [0.29, 0.717) is 5.56 Å². The second kappa shape index (κ2) is 5.98. The van der Waals surface area contributed by atoms with E-state index in [9.17, 15) is 9.90 Å². The summed E-state index contributed by atoms with van der Waals surface area (Å²) in [6.07, 6.45) is 0. The third-order valence-electron chi connectivity index (χ3n) is 2.72. The highest BCUT2D eigenvalue weighted by Crippen LogP contribution is 2.11. The van der Waals surface area contributed by atoms with Crippen molar-refractivity contribution in [2.45, 2.75) is 26.4 Å². The lowest BCUT2D eigenvalue weighted by Gasteiger charge is -2.22. The Morgan fingerprint density at radius 1 is 1.44 bits per heavy atom. The number of nitrogens with one attached hydrogen (secondary N) is 1. The zero-order valence-corrected chi connectivity index (χ0v) is 11.4. The number of methoxy groups -OCH3 is 1. The summed E-state index contributed by atoms with van der Waals surface area (Å²) in [5, 5.41) is 12.6. The maximum absolute atomic E-state index is 12.0. The number of amides is 1. The fourth-order valence-electron chi connectivity index (χ4n) is 1.71.